The van der Waals surface area contributed by atoms with E-state index in [4.69, 9.17) is 4.42 Å². The highest BCUT2D eigenvalue weighted by molar-refractivity contribution is 5.94. The van der Waals surface area contributed by atoms with Gasteiger partial charge in [0.25, 0.3) is 0 Å². The smallest absolute Gasteiger partial charge is 0.344 e. The van der Waals surface area contributed by atoms with Crippen LogP contribution in [0.2, 0.25) is 0 Å². The van der Waals surface area contributed by atoms with Gasteiger partial charge >= 0.3 is 5.63 Å². The van der Waals surface area contributed by atoms with Crippen molar-refractivity contribution in [1.29, 1.82) is 0 Å². The molecule has 0 aliphatic carbocycles. The third-order valence-corrected chi connectivity index (χ3v) is 4.66. The van der Waals surface area contributed by atoms with Gasteiger partial charge in [0.2, 0.25) is 5.95 Å². The van der Waals surface area contributed by atoms with Crippen molar-refractivity contribution < 1.29 is 4.42 Å². The zero-order valence-corrected chi connectivity index (χ0v) is 13.4. The lowest BCUT2D eigenvalue weighted by Gasteiger charge is -2.28. The Kier molecular flexibility index (Phi) is 2.82. The number of rotatable bonds is 1. The van der Waals surface area contributed by atoms with Crippen LogP contribution in [0.1, 0.15) is 22.7 Å². The fraction of sp³-hybridized carbons (Fsp3) is 0.105. The summed E-state index contributed by atoms with van der Waals surface area (Å²) in [6.07, 6.45) is 1.49. The molecule has 3 heterocycles. The molecule has 0 saturated carbocycles. The van der Waals surface area contributed by atoms with Crippen LogP contribution >= 0.6 is 0 Å². The van der Waals surface area contributed by atoms with Gasteiger partial charge in [-0.2, -0.15) is 10.1 Å². The minimum atomic E-state index is -0.379. The van der Waals surface area contributed by atoms with Gasteiger partial charge in [-0.3, -0.25) is 0 Å². The zero-order chi connectivity index (χ0) is 17.0. The summed E-state index contributed by atoms with van der Waals surface area (Å²) in [5.41, 5.74) is 3.55. The molecule has 1 unspecified atom stereocenters. The minimum absolute atomic E-state index is 0.365. The molecule has 0 bridgehead atoms. The maximum Gasteiger partial charge on any atom is 0.344 e. The fourth-order valence-electron chi connectivity index (χ4n) is 3.49. The molecule has 122 valence electrons. The van der Waals surface area contributed by atoms with Crippen LogP contribution < -0.4 is 10.9 Å². The zero-order valence-electron chi connectivity index (χ0n) is 13.4. The number of fused-ring (bicyclic) bond motifs is 4. The van der Waals surface area contributed by atoms with E-state index < -0.39 is 0 Å². The Morgan fingerprint density at radius 1 is 1.12 bits per heavy atom. The maximum absolute atomic E-state index is 12.8. The van der Waals surface area contributed by atoms with E-state index in [0.29, 0.717) is 17.1 Å². The van der Waals surface area contributed by atoms with Crippen LogP contribution in [0, 0.1) is 6.92 Å². The summed E-state index contributed by atoms with van der Waals surface area (Å²) in [4.78, 5) is 17.1. The molecule has 1 N–H and O–H groups in total. The average molecular weight is 330 g/mol. The molecule has 25 heavy (non-hydrogen) atoms. The lowest BCUT2D eigenvalue weighted by molar-refractivity contribution is 0.515. The Morgan fingerprint density at radius 3 is 2.80 bits per heavy atom. The minimum Gasteiger partial charge on any atom is -0.422 e. The van der Waals surface area contributed by atoms with Crippen LogP contribution in [0.5, 0.6) is 0 Å². The van der Waals surface area contributed by atoms with Gasteiger partial charge in [0.05, 0.1) is 11.3 Å². The monoisotopic (exact) mass is 330 g/mol. The second-order valence-electron chi connectivity index (χ2n) is 6.09. The van der Waals surface area contributed by atoms with Crippen LogP contribution in [0.25, 0.3) is 11.0 Å². The summed E-state index contributed by atoms with van der Waals surface area (Å²) in [6, 6.07) is 15.1. The standard InChI is InChI=1S/C19H14N4O2/c1-11-6-2-3-7-12(11)17-15-16(22-19-20-10-21-23(17)19)13-8-4-5-9-14(13)25-18(15)24/h2-10,17H,1H3,(H,20,21,22). The predicted octanol–water partition coefficient (Wildman–Crippen LogP) is 3.39. The normalized spacial score (nSPS) is 15.5. The van der Waals surface area contributed by atoms with E-state index >= 15 is 0 Å². The fourth-order valence-corrected chi connectivity index (χ4v) is 3.49. The Hall–Kier alpha value is -3.41. The molecular weight excluding hydrogens is 316 g/mol. The van der Waals surface area contributed by atoms with Crippen molar-refractivity contribution in [3.05, 3.63) is 82.0 Å². The molecule has 1 aliphatic rings. The second-order valence-corrected chi connectivity index (χ2v) is 6.09. The van der Waals surface area contributed by atoms with Gasteiger partial charge < -0.3 is 9.73 Å². The van der Waals surface area contributed by atoms with Crippen molar-refractivity contribution in [2.75, 3.05) is 5.32 Å². The molecule has 2 aromatic carbocycles. The molecule has 0 fully saturated rings. The highest BCUT2D eigenvalue weighted by atomic mass is 16.4. The topological polar surface area (TPSA) is 73.0 Å². The second kappa shape index (κ2) is 5.04. The van der Waals surface area contributed by atoms with Crippen molar-refractivity contribution in [2.24, 2.45) is 0 Å². The average Bonchev–Trinajstić information content (AvgIpc) is 3.09. The molecule has 0 amide bonds. The van der Waals surface area contributed by atoms with E-state index in [9.17, 15) is 4.79 Å². The first-order chi connectivity index (χ1) is 12.2. The SMILES string of the molecule is Cc1ccccc1C1c2c(c3ccccc3oc2=O)Nc2ncnn21. The summed E-state index contributed by atoms with van der Waals surface area (Å²) >= 11 is 0. The number of aryl methyl sites for hydroxylation is 1. The molecule has 2 aromatic heterocycles. The quantitative estimate of drug-likeness (QED) is 0.477. The first-order valence-electron chi connectivity index (χ1n) is 8.02. The number of aromatic nitrogens is 3. The predicted molar refractivity (Wildman–Crippen MR) is 94.2 cm³/mol. The Labute approximate surface area is 142 Å². The largest absolute Gasteiger partial charge is 0.422 e. The van der Waals surface area contributed by atoms with Gasteiger partial charge in [0, 0.05) is 5.39 Å². The van der Waals surface area contributed by atoms with Gasteiger partial charge in [-0.15, -0.1) is 0 Å². The maximum atomic E-state index is 12.8. The van der Waals surface area contributed by atoms with Crippen molar-refractivity contribution in [1.82, 2.24) is 14.8 Å². The molecule has 0 saturated heterocycles. The van der Waals surface area contributed by atoms with Crippen LogP contribution in [0.3, 0.4) is 0 Å². The third kappa shape index (κ3) is 1.94. The summed E-state index contributed by atoms with van der Waals surface area (Å²) in [5.74, 6) is 0.608. The van der Waals surface area contributed by atoms with E-state index in [1.54, 1.807) is 10.7 Å². The number of nitrogens with zero attached hydrogens (tertiary/aromatic N) is 3. The third-order valence-electron chi connectivity index (χ3n) is 4.66. The van der Waals surface area contributed by atoms with Crippen molar-refractivity contribution in [2.45, 2.75) is 13.0 Å². The van der Waals surface area contributed by atoms with Gasteiger partial charge in [-0.25, -0.2) is 9.48 Å². The van der Waals surface area contributed by atoms with Gasteiger partial charge in [-0.05, 0) is 30.2 Å². The Bertz CT molecular complexity index is 1180. The summed E-state index contributed by atoms with van der Waals surface area (Å²) < 4.78 is 7.32. The van der Waals surface area contributed by atoms with Gasteiger partial charge in [0.15, 0.2) is 0 Å². The molecule has 5 rings (SSSR count). The van der Waals surface area contributed by atoms with E-state index in [1.807, 2.05) is 49.4 Å². The van der Waals surface area contributed by atoms with Crippen molar-refractivity contribution >= 4 is 22.6 Å². The van der Waals surface area contributed by atoms with E-state index in [2.05, 4.69) is 15.4 Å². The molecule has 0 radical (unpaired) electrons. The number of anilines is 2. The molecule has 6 heteroatoms. The molecule has 4 aromatic rings. The molecule has 6 nitrogen and oxygen atoms in total. The number of hydrogen-bond acceptors (Lipinski definition) is 5. The first kappa shape index (κ1) is 14.0. The molecule has 1 atom stereocenters. The lowest BCUT2D eigenvalue weighted by atomic mass is 9.93. The van der Waals surface area contributed by atoms with Crippen LogP contribution in [-0.2, 0) is 0 Å². The summed E-state index contributed by atoms with van der Waals surface area (Å²) in [5, 5.41) is 8.44. The Balaban J connectivity index is 1.90. The lowest BCUT2D eigenvalue weighted by Crippen LogP contribution is -2.28. The first-order valence-corrected chi connectivity index (χ1v) is 8.02. The molecule has 1 aliphatic heterocycles. The molecular formula is C19H14N4O2. The van der Waals surface area contributed by atoms with Crippen molar-refractivity contribution in [3.8, 4) is 0 Å². The van der Waals surface area contributed by atoms with Gasteiger partial charge in [0.1, 0.15) is 18.0 Å². The van der Waals surface area contributed by atoms with Crippen LogP contribution in [0.15, 0.2) is 64.1 Å². The summed E-state index contributed by atoms with van der Waals surface area (Å²) in [6.45, 7) is 2.02. The van der Waals surface area contributed by atoms with E-state index in [0.717, 1.165) is 22.2 Å². The number of para-hydroxylation sites is 1. The van der Waals surface area contributed by atoms with Gasteiger partial charge in [-0.1, -0.05) is 36.4 Å². The number of hydrogen-bond donors (Lipinski definition) is 1. The van der Waals surface area contributed by atoms with E-state index in [1.165, 1.54) is 6.33 Å². The van der Waals surface area contributed by atoms with E-state index in [-0.39, 0.29) is 11.7 Å². The highest BCUT2D eigenvalue weighted by Gasteiger charge is 2.33. The van der Waals surface area contributed by atoms with Crippen LogP contribution in [-0.4, -0.2) is 14.8 Å². The van der Waals surface area contributed by atoms with Crippen LogP contribution in [0.4, 0.5) is 11.6 Å². The summed E-state index contributed by atoms with van der Waals surface area (Å²) in [7, 11) is 0. The molecule has 0 spiro atoms. The number of benzene rings is 2. The van der Waals surface area contributed by atoms with Crippen molar-refractivity contribution in [3.63, 3.8) is 0 Å². The highest BCUT2D eigenvalue weighted by Crippen LogP contribution is 2.40. The Morgan fingerprint density at radius 2 is 1.92 bits per heavy atom. The number of nitrogens with one attached hydrogen (secondary N) is 1.